The van der Waals surface area contributed by atoms with Gasteiger partial charge in [-0.2, -0.15) is 0 Å². The van der Waals surface area contributed by atoms with Gasteiger partial charge < -0.3 is 10.5 Å². The molecule has 3 fully saturated rings. The van der Waals surface area contributed by atoms with Gasteiger partial charge >= 0.3 is 0 Å². The first-order valence-corrected chi connectivity index (χ1v) is 8.76. The van der Waals surface area contributed by atoms with Crippen LogP contribution in [-0.2, 0) is 0 Å². The molecule has 0 saturated carbocycles. The highest BCUT2D eigenvalue weighted by Crippen LogP contribution is 2.41. The Hall–Kier alpha value is -1.91. The van der Waals surface area contributed by atoms with Crippen molar-refractivity contribution >= 4 is 10.9 Å². The third kappa shape index (κ3) is 2.50. The quantitative estimate of drug-likeness (QED) is 0.878. The van der Waals surface area contributed by atoms with Gasteiger partial charge in [-0.05, 0) is 61.1 Å². The highest BCUT2D eigenvalue weighted by molar-refractivity contribution is 5.84. The largest absolute Gasteiger partial charge is 0.497 e. The van der Waals surface area contributed by atoms with Crippen LogP contribution < -0.4 is 10.5 Å². The van der Waals surface area contributed by atoms with Crippen molar-refractivity contribution in [1.29, 1.82) is 0 Å². The highest BCUT2D eigenvalue weighted by Gasteiger charge is 2.41. The van der Waals surface area contributed by atoms with Gasteiger partial charge in [0.1, 0.15) is 5.75 Å². The van der Waals surface area contributed by atoms with Crippen molar-refractivity contribution in [3.63, 3.8) is 0 Å². The van der Waals surface area contributed by atoms with Crippen LogP contribution in [0.4, 0.5) is 0 Å². The Morgan fingerprint density at radius 3 is 3.00 bits per heavy atom. The average molecular weight is 323 g/mol. The minimum absolute atomic E-state index is 0.00354. The van der Waals surface area contributed by atoms with E-state index in [-0.39, 0.29) is 6.04 Å². The summed E-state index contributed by atoms with van der Waals surface area (Å²) >= 11 is 0. The first-order valence-electron chi connectivity index (χ1n) is 8.76. The van der Waals surface area contributed by atoms with Crippen molar-refractivity contribution in [2.45, 2.75) is 24.9 Å². The third-order valence-electron chi connectivity index (χ3n) is 5.91. The Kier molecular flexibility index (Phi) is 4.02. The molecule has 5 rings (SSSR count). The van der Waals surface area contributed by atoms with Gasteiger partial charge in [-0.3, -0.25) is 9.88 Å². The first kappa shape index (κ1) is 15.6. The van der Waals surface area contributed by atoms with E-state index in [0.29, 0.717) is 12.0 Å². The van der Waals surface area contributed by atoms with E-state index >= 15 is 0 Å². The van der Waals surface area contributed by atoms with Crippen molar-refractivity contribution in [2.24, 2.45) is 17.6 Å². The standard InChI is InChI=1S/C20H25N3O/c1-3-13-12-23-9-7-14(13)10-19(23)20(21)16-6-8-22-18-5-4-15(24-2)11-17(16)18/h3-6,8,11,13-14,19-20H,1,7,9-10,12,21H2,2H3/t13?,14-,19?,20?/m1/s1. The molecule has 2 aromatic rings. The number of nitrogens with two attached hydrogens (primary N) is 1. The van der Waals surface area contributed by atoms with Crippen molar-refractivity contribution < 1.29 is 4.74 Å². The van der Waals surface area contributed by atoms with Gasteiger partial charge in [-0.1, -0.05) is 6.08 Å². The molecule has 1 aromatic heterocycles. The molecule has 3 saturated heterocycles. The maximum Gasteiger partial charge on any atom is 0.119 e. The summed E-state index contributed by atoms with van der Waals surface area (Å²) in [6.45, 7) is 6.26. The molecule has 4 heteroatoms. The molecule has 3 aliphatic rings. The molecule has 1 aromatic carbocycles. The smallest absolute Gasteiger partial charge is 0.119 e. The zero-order chi connectivity index (χ0) is 16.7. The lowest BCUT2D eigenvalue weighted by Crippen LogP contribution is -2.56. The topological polar surface area (TPSA) is 51.4 Å². The molecule has 0 spiro atoms. The predicted molar refractivity (Wildman–Crippen MR) is 97.0 cm³/mol. The Morgan fingerprint density at radius 1 is 1.42 bits per heavy atom. The molecule has 0 amide bonds. The summed E-state index contributed by atoms with van der Waals surface area (Å²) in [4.78, 5) is 7.04. The van der Waals surface area contributed by atoms with Crippen molar-refractivity contribution in [1.82, 2.24) is 9.88 Å². The zero-order valence-corrected chi connectivity index (χ0v) is 14.2. The number of rotatable bonds is 4. The number of aromatic nitrogens is 1. The fourth-order valence-corrected chi connectivity index (χ4v) is 4.52. The lowest BCUT2D eigenvalue weighted by molar-refractivity contribution is 0.00749. The van der Waals surface area contributed by atoms with Gasteiger partial charge in [-0.25, -0.2) is 0 Å². The molecule has 4 nitrogen and oxygen atoms in total. The summed E-state index contributed by atoms with van der Waals surface area (Å²) < 4.78 is 5.39. The molecule has 2 N–H and O–H groups in total. The van der Waals surface area contributed by atoms with E-state index in [2.05, 4.69) is 34.7 Å². The molecule has 24 heavy (non-hydrogen) atoms. The highest BCUT2D eigenvalue weighted by atomic mass is 16.5. The molecular weight excluding hydrogens is 298 g/mol. The second-order valence-corrected chi connectivity index (χ2v) is 7.06. The lowest BCUT2D eigenvalue weighted by atomic mass is 9.73. The number of methoxy groups -OCH3 is 1. The fraction of sp³-hybridized carbons (Fsp3) is 0.450. The monoisotopic (exact) mass is 323 g/mol. The Morgan fingerprint density at radius 2 is 2.29 bits per heavy atom. The lowest BCUT2D eigenvalue weighted by Gasteiger charge is -2.51. The summed E-state index contributed by atoms with van der Waals surface area (Å²) in [5.41, 5.74) is 8.91. The number of piperidine rings is 3. The summed E-state index contributed by atoms with van der Waals surface area (Å²) in [7, 11) is 1.69. The minimum Gasteiger partial charge on any atom is -0.497 e. The van der Waals surface area contributed by atoms with Crippen LogP contribution >= 0.6 is 0 Å². The number of fused-ring (bicyclic) bond motifs is 4. The van der Waals surface area contributed by atoms with Crippen molar-refractivity contribution in [2.75, 3.05) is 20.2 Å². The summed E-state index contributed by atoms with van der Waals surface area (Å²) in [5.74, 6) is 2.20. The Bertz CT molecular complexity index is 760. The molecule has 4 heterocycles. The van der Waals surface area contributed by atoms with E-state index in [1.807, 2.05) is 18.3 Å². The van der Waals surface area contributed by atoms with E-state index in [9.17, 15) is 0 Å². The van der Waals surface area contributed by atoms with Gasteiger partial charge in [0, 0.05) is 30.2 Å². The number of nitrogens with zero attached hydrogens (tertiary/aromatic N) is 2. The maximum absolute atomic E-state index is 6.76. The second-order valence-electron chi connectivity index (χ2n) is 7.06. The van der Waals surface area contributed by atoms with E-state index in [1.165, 1.54) is 12.0 Å². The number of hydrogen-bond acceptors (Lipinski definition) is 4. The Balaban J connectivity index is 1.69. The number of benzene rings is 1. The van der Waals surface area contributed by atoms with Crippen LogP contribution in [-0.4, -0.2) is 36.1 Å². The van der Waals surface area contributed by atoms with Crippen molar-refractivity contribution in [3.8, 4) is 5.75 Å². The second kappa shape index (κ2) is 6.19. The predicted octanol–water partition coefficient (Wildman–Crippen LogP) is 3.14. The molecular formula is C20H25N3O. The summed E-state index contributed by atoms with van der Waals surface area (Å²) in [6.07, 6.45) is 6.43. The van der Waals surface area contributed by atoms with Crippen molar-refractivity contribution in [3.05, 3.63) is 48.7 Å². The maximum atomic E-state index is 6.76. The van der Waals surface area contributed by atoms with Gasteiger partial charge in [0.25, 0.3) is 0 Å². The molecule has 3 aliphatic heterocycles. The molecule has 2 bridgehead atoms. The number of hydrogen-bond donors (Lipinski definition) is 1. The number of ether oxygens (including phenoxy) is 1. The first-order chi connectivity index (χ1) is 11.7. The normalized spacial score (nSPS) is 30.2. The average Bonchev–Trinajstić information content (AvgIpc) is 2.66. The van der Waals surface area contributed by atoms with Crippen LogP contribution in [0, 0.1) is 11.8 Å². The van der Waals surface area contributed by atoms with E-state index in [4.69, 9.17) is 10.5 Å². The van der Waals surface area contributed by atoms with Crippen LogP contribution in [0.2, 0.25) is 0 Å². The van der Waals surface area contributed by atoms with Gasteiger partial charge in [0.05, 0.1) is 12.6 Å². The molecule has 0 radical (unpaired) electrons. The van der Waals surface area contributed by atoms with Crippen LogP contribution in [0.25, 0.3) is 10.9 Å². The Labute approximate surface area is 143 Å². The van der Waals surface area contributed by atoms with Crippen LogP contribution in [0.5, 0.6) is 5.75 Å². The van der Waals surface area contributed by atoms with Gasteiger partial charge in [0.2, 0.25) is 0 Å². The summed E-state index contributed by atoms with van der Waals surface area (Å²) in [5, 5.41) is 1.10. The minimum atomic E-state index is -0.00354. The molecule has 4 unspecified atom stereocenters. The summed E-state index contributed by atoms with van der Waals surface area (Å²) in [6, 6.07) is 8.48. The van der Waals surface area contributed by atoms with Crippen LogP contribution in [0.15, 0.2) is 43.1 Å². The molecule has 0 aliphatic carbocycles. The third-order valence-corrected chi connectivity index (χ3v) is 5.91. The fourth-order valence-electron chi connectivity index (χ4n) is 4.52. The number of pyridine rings is 1. The van der Waals surface area contributed by atoms with Crippen LogP contribution in [0.3, 0.4) is 0 Å². The van der Waals surface area contributed by atoms with Gasteiger partial charge in [0.15, 0.2) is 0 Å². The van der Waals surface area contributed by atoms with Gasteiger partial charge in [-0.15, -0.1) is 6.58 Å². The molecule has 126 valence electrons. The molecule has 5 atom stereocenters. The van der Waals surface area contributed by atoms with E-state index in [0.717, 1.165) is 42.1 Å². The van der Waals surface area contributed by atoms with E-state index < -0.39 is 0 Å². The van der Waals surface area contributed by atoms with E-state index in [1.54, 1.807) is 7.11 Å². The zero-order valence-electron chi connectivity index (χ0n) is 14.2. The SMILES string of the molecule is C=CC1CN2CC[C@@H]1CC2C(N)c1ccnc2ccc(OC)cc12. The van der Waals surface area contributed by atoms with Crippen LogP contribution in [0.1, 0.15) is 24.4 Å².